The third-order valence-corrected chi connectivity index (χ3v) is 5.17. The fourth-order valence-corrected chi connectivity index (χ4v) is 3.13. The van der Waals surface area contributed by atoms with Crippen molar-refractivity contribution in [2.75, 3.05) is 0 Å². The first-order chi connectivity index (χ1) is 16.7. The van der Waals surface area contributed by atoms with Crippen molar-refractivity contribution in [2.45, 2.75) is 45.5 Å². The molecule has 3 atom stereocenters. The molecular weight excluding hydrogens is 452 g/mol. The van der Waals surface area contributed by atoms with E-state index in [4.69, 9.17) is 9.47 Å². The third kappa shape index (κ3) is 7.07. The maximum Gasteiger partial charge on any atom is 0.408 e. The number of rotatable bonds is 9. The van der Waals surface area contributed by atoms with E-state index >= 15 is 0 Å². The number of para-hydroxylation sites is 1. The highest BCUT2D eigenvalue weighted by Crippen LogP contribution is 2.25. The third-order valence-electron chi connectivity index (χ3n) is 5.17. The Morgan fingerprint density at radius 3 is 2.11 bits per heavy atom. The molecule has 0 bridgehead atoms. The van der Waals surface area contributed by atoms with Crippen molar-refractivity contribution in [2.24, 2.45) is 0 Å². The van der Waals surface area contributed by atoms with Gasteiger partial charge in [0.25, 0.3) is 0 Å². The van der Waals surface area contributed by atoms with Gasteiger partial charge in [0, 0.05) is 17.1 Å². The molecule has 0 aliphatic heterocycles. The molecule has 35 heavy (non-hydrogen) atoms. The number of fused-ring (bicyclic) bond motifs is 1. The van der Waals surface area contributed by atoms with Crippen molar-refractivity contribution in [3.05, 3.63) is 66.4 Å². The van der Waals surface area contributed by atoms with Crippen LogP contribution in [0.5, 0.6) is 5.75 Å². The standard InChI is InChI=1S/C25H28N4O6/c1-15(27-23(31)16(2)29-25(33)34-14-18-9-5-4-6-10-18)22(30)28-17(3)24(32)35-21-13-26-20-12-8-7-11-19(20)21/h4-13,15-17,26H,14H2,1-3H3,(H,27,31)(H,28,30)(H,29,33)/t15-,16-,17-/m0/s1. The normalized spacial score (nSPS) is 13.2. The maximum absolute atomic E-state index is 12.5. The Labute approximate surface area is 202 Å². The zero-order chi connectivity index (χ0) is 25.4. The van der Waals surface area contributed by atoms with Crippen LogP contribution in [0.1, 0.15) is 26.3 Å². The topological polar surface area (TPSA) is 139 Å². The van der Waals surface area contributed by atoms with E-state index in [1.165, 1.54) is 20.8 Å². The number of hydrogen-bond acceptors (Lipinski definition) is 6. The summed E-state index contributed by atoms with van der Waals surface area (Å²) in [7, 11) is 0. The van der Waals surface area contributed by atoms with Gasteiger partial charge >= 0.3 is 12.1 Å². The predicted octanol–water partition coefficient (Wildman–Crippen LogP) is 2.40. The quantitative estimate of drug-likeness (QED) is 0.347. The minimum absolute atomic E-state index is 0.0619. The molecule has 0 saturated heterocycles. The lowest BCUT2D eigenvalue weighted by Gasteiger charge is -2.20. The predicted molar refractivity (Wildman–Crippen MR) is 128 cm³/mol. The summed E-state index contributed by atoms with van der Waals surface area (Å²) in [6.45, 7) is 4.47. The molecule has 3 rings (SSSR count). The Bertz CT molecular complexity index is 1190. The molecule has 1 aromatic heterocycles. The average Bonchev–Trinajstić information content (AvgIpc) is 3.25. The van der Waals surface area contributed by atoms with Gasteiger partial charge in [-0.2, -0.15) is 0 Å². The second-order valence-corrected chi connectivity index (χ2v) is 8.01. The Kier molecular flexibility index (Phi) is 8.44. The van der Waals surface area contributed by atoms with E-state index in [2.05, 4.69) is 20.9 Å². The van der Waals surface area contributed by atoms with Gasteiger partial charge in [0.05, 0.1) is 0 Å². The van der Waals surface area contributed by atoms with E-state index in [-0.39, 0.29) is 6.61 Å². The summed E-state index contributed by atoms with van der Waals surface area (Å²) in [4.78, 5) is 52.2. The maximum atomic E-state index is 12.5. The van der Waals surface area contributed by atoms with Gasteiger partial charge in [-0.25, -0.2) is 9.59 Å². The van der Waals surface area contributed by atoms with Crippen molar-refractivity contribution in [1.82, 2.24) is 20.9 Å². The summed E-state index contributed by atoms with van der Waals surface area (Å²) < 4.78 is 10.5. The zero-order valence-electron chi connectivity index (χ0n) is 19.7. The molecule has 2 aromatic carbocycles. The largest absolute Gasteiger partial charge is 0.445 e. The molecule has 0 aliphatic rings. The monoisotopic (exact) mass is 480 g/mol. The van der Waals surface area contributed by atoms with Crippen LogP contribution < -0.4 is 20.7 Å². The molecule has 0 fully saturated rings. The number of benzene rings is 2. The molecule has 0 unspecified atom stereocenters. The van der Waals surface area contributed by atoms with Gasteiger partial charge in [0.15, 0.2) is 5.75 Å². The van der Waals surface area contributed by atoms with Crippen LogP contribution in [0.25, 0.3) is 10.9 Å². The number of aromatic nitrogens is 1. The van der Waals surface area contributed by atoms with Crippen LogP contribution in [0.4, 0.5) is 4.79 Å². The number of carbonyl (C=O) groups excluding carboxylic acids is 4. The number of esters is 1. The highest BCUT2D eigenvalue weighted by molar-refractivity contribution is 5.94. The van der Waals surface area contributed by atoms with Crippen molar-refractivity contribution >= 4 is 34.8 Å². The summed E-state index contributed by atoms with van der Waals surface area (Å²) >= 11 is 0. The molecule has 0 aliphatic carbocycles. The molecule has 10 nitrogen and oxygen atoms in total. The average molecular weight is 481 g/mol. The number of alkyl carbamates (subject to hydrolysis) is 1. The van der Waals surface area contributed by atoms with Crippen LogP contribution in [0.15, 0.2) is 60.8 Å². The van der Waals surface area contributed by atoms with E-state index in [0.717, 1.165) is 16.5 Å². The van der Waals surface area contributed by atoms with Gasteiger partial charge in [-0.05, 0) is 38.5 Å². The minimum atomic E-state index is -0.963. The first-order valence-corrected chi connectivity index (χ1v) is 11.1. The Balaban J connectivity index is 1.43. The number of amides is 3. The van der Waals surface area contributed by atoms with Gasteiger partial charge in [0.2, 0.25) is 11.8 Å². The van der Waals surface area contributed by atoms with Crippen molar-refractivity contribution < 1.29 is 28.7 Å². The molecular formula is C25H28N4O6. The zero-order valence-corrected chi connectivity index (χ0v) is 19.7. The van der Waals surface area contributed by atoms with E-state index in [9.17, 15) is 19.2 Å². The Morgan fingerprint density at radius 1 is 0.800 bits per heavy atom. The lowest BCUT2D eigenvalue weighted by Crippen LogP contribution is -2.53. The summed E-state index contributed by atoms with van der Waals surface area (Å²) in [6.07, 6.45) is 0.807. The summed E-state index contributed by atoms with van der Waals surface area (Å²) in [6, 6.07) is 13.6. The second-order valence-electron chi connectivity index (χ2n) is 8.01. The van der Waals surface area contributed by atoms with Crippen LogP contribution in [0.2, 0.25) is 0 Å². The Hall–Kier alpha value is -4.34. The number of carbonyl (C=O) groups is 4. The van der Waals surface area contributed by atoms with E-state index in [1.807, 2.05) is 42.5 Å². The van der Waals surface area contributed by atoms with Gasteiger partial charge in [-0.3, -0.25) is 9.59 Å². The molecule has 3 amide bonds. The van der Waals surface area contributed by atoms with E-state index < -0.39 is 42.0 Å². The number of nitrogens with one attached hydrogen (secondary N) is 4. The molecule has 4 N–H and O–H groups in total. The fraction of sp³-hybridized carbons (Fsp3) is 0.280. The smallest absolute Gasteiger partial charge is 0.408 e. The van der Waals surface area contributed by atoms with Crippen LogP contribution in [-0.4, -0.2) is 47.0 Å². The van der Waals surface area contributed by atoms with Crippen LogP contribution >= 0.6 is 0 Å². The molecule has 10 heteroatoms. The van der Waals surface area contributed by atoms with Gasteiger partial charge in [0.1, 0.15) is 24.7 Å². The lowest BCUT2D eigenvalue weighted by molar-refractivity contribution is -0.139. The van der Waals surface area contributed by atoms with Gasteiger partial charge in [-0.15, -0.1) is 0 Å². The Morgan fingerprint density at radius 2 is 1.40 bits per heavy atom. The van der Waals surface area contributed by atoms with Crippen LogP contribution in [0, 0.1) is 0 Å². The second kappa shape index (κ2) is 11.7. The van der Waals surface area contributed by atoms with E-state index in [0.29, 0.717) is 5.75 Å². The summed E-state index contributed by atoms with van der Waals surface area (Å²) in [5.74, 6) is -1.47. The molecule has 184 valence electrons. The molecule has 1 heterocycles. The van der Waals surface area contributed by atoms with Crippen molar-refractivity contribution in [3.63, 3.8) is 0 Å². The molecule has 0 radical (unpaired) electrons. The fourth-order valence-electron chi connectivity index (χ4n) is 3.13. The van der Waals surface area contributed by atoms with E-state index in [1.54, 1.807) is 18.3 Å². The molecule has 0 saturated carbocycles. The SMILES string of the molecule is C[C@H](NC(=O)OCc1ccccc1)C(=O)N[C@@H](C)C(=O)N[C@@H](C)C(=O)Oc1c[nH]c2ccccc12. The molecule has 0 spiro atoms. The van der Waals surface area contributed by atoms with Gasteiger partial charge < -0.3 is 30.4 Å². The minimum Gasteiger partial charge on any atom is -0.445 e. The lowest BCUT2D eigenvalue weighted by atomic mass is 10.2. The first kappa shape index (κ1) is 25.3. The summed E-state index contributed by atoms with van der Waals surface area (Å²) in [5, 5.41) is 8.16. The molecule has 3 aromatic rings. The summed E-state index contributed by atoms with van der Waals surface area (Å²) in [5.41, 5.74) is 1.62. The van der Waals surface area contributed by atoms with Crippen LogP contribution in [0.3, 0.4) is 0 Å². The number of H-pyrrole nitrogens is 1. The highest BCUT2D eigenvalue weighted by atomic mass is 16.5. The number of hydrogen-bond donors (Lipinski definition) is 4. The van der Waals surface area contributed by atoms with Gasteiger partial charge in [-0.1, -0.05) is 42.5 Å². The number of aromatic amines is 1. The van der Waals surface area contributed by atoms with Crippen molar-refractivity contribution in [1.29, 1.82) is 0 Å². The number of ether oxygens (including phenoxy) is 2. The highest BCUT2D eigenvalue weighted by Gasteiger charge is 2.25. The first-order valence-electron chi connectivity index (χ1n) is 11.1. The van der Waals surface area contributed by atoms with Crippen LogP contribution in [-0.2, 0) is 25.7 Å². The van der Waals surface area contributed by atoms with Crippen molar-refractivity contribution in [3.8, 4) is 5.75 Å².